The van der Waals surface area contributed by atoms with Crippen molar-refractivity contribution in [3.05, 3.63) is 29.8 Å². The number of hydrogen-bond donors (Lipinski definition) is 0. The smallest absolute Gasteiger partial charge is 0.142 e. The molecule has 0 aromatic carbocycles. The van der Waals surface area contributed by atoms with Gasteiger partial charge in [0.05, 0.1) is 0 Å². The zero-order valence-electron chi connectivity index (χ0n) is 8.64. The molecule has 2 heteroatoms. The third kappa shape index (κ3) is 2.10. The van der Waals surface area contributed by atoms with Crippen molar-refractivity contribution in [3.63, 3.8) is 0 Å². The second-order valence-electron chi connectivity index (χ2n) is 4.13. The van der Waals surface area contributed by atoms with Crippen LogP contribution in [0.15, 0.2) is 22.9 Å². The molecule has 0 bridgehead atoms. The first-order valence-corrected chi connectivity index (χ1v) is 4.29. The van der Waals surface area contributed by atoms with Crippen LogP contribution in [-0.2, 0) is 5.41 Å². The zero-order valence-corrected chi connectivity index (χ0v) is 8.64. The van der Waals surface area contributed by atoms with Crippen LogP contribution in [0.25, 0.3) is 5.57 Å². The van der Waals surface area contributed by atoms with Gasteiger partial charge in [0.25, 0.3) is 0 Å². The summed E-state index contributed by atoms with van der Waals surface area (Å²) in [6.45, 7) is 11.7. The monoisotopic (exact) mass is 177 g/mol. The summed E-state index contributed by atoms with van der Waals surface area (Å²) >= 11 is 0. The van der Waals surface area contributed by atoms with E-state index in [0.717, 1.165) is 17.0 Å². The SMILES string of the molecule is C=C=C(C)c1cc(C(C)(C)C)on1. The molecule has 0 unspecified atom stereocenters. The Morgan fingerprint density at radius 3 is 2.54 bits per heavy atom. The van der Waals surface area contributed by atoms with Crippen LogP contribution in [0, 0.1) is 0 Å². The first kappa shape index (κ1) is 9.82. The molecule has 0 spiro atoms. The van der Waals surface area contributed by atoms with Gasteiger partial charge in [-0.3, -0.25) is 0 Å². The average Bonchev–Trinajstić information content (AvgIpc) is 2.50. The van der Waals surface area contributed by atoms with E-state index in [1.54, 1.807) is 0 Å². The minimum atomic E-state index is 0.00665. The lowest BCUT2D eigenvalue weighted by Crippen LogP contribution is -2.09. The highest BCUT2D eigenvalue weighted by Crippen LogP contribution is 2.24. The Kier molecular flexibility index (Phi) is 2.44. The number of allylic oxidation sites excluding steroid dienone is 1. The Morgan fingerprint density at radius 2 is 2.15 bits per heavy atom. The van der Waals surface area contributed by atoms with Crippen LogP contribution < -0.4 is 0 Å². The molecule has 0 amide bonds. The van der Waals surface area contributed by atoms with Gasteiger partial charge >= 0.3 is 0 Å². The van der Waals surface area contributed by atoms with E-state index >= 15 is 0 Å². The highest BCUT2D eigenvalue weighted by Gasteiger charge is 2.19. The first-order valence-electron chi connectivity index (χ1n) is 4.29. The summed E-state index contributed by atoms with van der Waals surface area (Å²) in [5.74, 6) is 0.886. The minimum absolute atomic E-state index is 0.00665. The van der Waals surface area contributed by atoms with E-state index in [1.165, 1.54) is 0 Å². The van der Waals surface area contributed by atoms with Gasteiger partial charge in [-0.1, -0.05) is 32.5 Å². The molecular weight excluding hydrogens is 162 g/mol. The molecule has 0 aliphatic heterocycles. The van der Waals surface area contributed by atoms with E-state index in [0.29, 0.717) is 0 Å². The van der Waals surface area contributed by atoms with Gasteiger partial charge in [0.15, 0.2) is 0 Å². The second kappa shape index (κ2) is 3.23. The van der Waals surface area contributed by atoms with Crippen molar-refractivity contribution in [2.75, 3.05) is 0 Å². The van der Waals surface area contributed by atoms with Crippen molar-refractivity contribution in [2.45, 2.75) is 33.1 Å². The third-order valence-electron chi connectivity index (χ3n) is 1.90. The fourth-order valence-electron chi connectivity index (χ4n) is 0.896. The van der Waals surface area contributed by atoms with Gasteiger partial charge in [-0.25, -0.2) is 0 Å². The zero-order chi connectivity index (χ0) is 10.1. The van der Waals surface area contributed by atoms with Crippen molar-refractivity contribution in [3.8, 4) is 0 Å². The molecule has 0 aliphatic rings. The summed E-state index contributed by atoms with van der Waals surface area (Å²) in [7, 11) is 0. The predicted octanol–water partition coefficient (Wildman–Crippen LogP) is 3.16. The molecule has 13 heavy (non-hydrogen) atoms. The van der Waals surface area contributed by atoms with Gasteiger partial charge in [0.1, 0.15) is 11.5 Å². The summed E-state index contributed by atoms with van der Waals surface area (Å²) in [6.07, 6.45) is 0. The van der Waals surface area contributed by atoms with Crippen molar-refractivity contribution in [1.82, 2.24) is 5.16 Å². The van der Waals surface area contributed by atoms with Crippen molar-refractivity contribution >= 4 is 5.57 Å². The Labute approximate surface area is 78.9 Å². The van der Waals surface area contributed by atoms with Crippen LogP contribution in [0.3, 0.4) is 0 Å². The third-order valence-corrected chi connectivity index (χ3v) is 1.90. The van der Waals surface area contributed by atoms with Crippen LogP contribution in [0.5, 0.6) is 0 Å². The highest BCUT2D eigenvalue weighted by molar-refractivity contribution is 5.59. The molecule has 0 saturated carbocycles. The second-order valence-corrected chi connectivity index (χ2v) is 4.13. The Morgan fingerprint density at radius 1 is 1.54 bits per heavy atom. The normalized spacial score (nSPS) is 11.1. The van der Waals surface area contributed by atoms with Crippen LogP contribution in [-0.4, -0.2) is 5.16 Å². The number of aromatic nitrogens is 1. The lowest BCUT2D eigenvalue weighted by Gasteiger charge is -2.12. The molecule has 1 aromatic heterocycles. The fourth-order valence-corrected chi connectivity index (χ4v) is 0.896. The van der Waals surface area contributed by atoms with Gasteiger partial charge in [0, 0.05) is 17.1 Å². The summed E-state index contributed by atoms with van der Waals surface area (Å²) in [5.41, 5.74) is 4.53. The van der Waals surface area contributed by atoms with E-state index in [9.17, 15) is 0 Å². The molecule has 0 saturated heterocycles. The number of nitrogens with zero attached hydrogens (tertiary/aromatic N) is 1. The Bertz CT molecular complexity index is 348. The topological polar surface area (TPSA) is 26.0 Å². The molecule has 0 radical (unpaired) electrons. The maximum absolute atomic E-state index is 5.21. The van der Waals surface area contributed by atoms with E-state index in [4.69, 9.17) is 4.52 Å². The molecule has 1 aromatic rings. The molecule has 1 heterocycles. The maximum atomic E-state index is 5.21. The number of hydrogen-bond acceptors (Lipinski definition) is 2. The van der Waals surface area contributed by atoms with Gasteiger partial charge in [0.2, 0.25) is 0 Å². The molecule has 70 valence electrons. The standard InChI is InChI=1S/C11H15NO/c1-6-8(2)9-7-10(13-12-9)11(3,4)5/h7H,1H2,2-5H3. The van der Waals surface area contributed by atoms with Crippen LogP contribution in [0.2, 0.25) is 0 Å². The molecule has 0 aliphatic carbocycles. The molecule has 0 fully saturated rings. The van der Waals surface area contributed by atoms with Crippen molar-refractivity contribution in [1.29, 1.82) is 0 Å². The summed E-state index contributed by atoms with van der Waals surface area (Å²) < 4.78 is 5.21. The summed E-state index contributed by atoms with van der Waals surface area (Å²) in [6, 6.07) is 1.94. The van der Waals surface area contributed by atoms with Crippen LogP contribution >= 0.6 is 0 Å². The Balaban J connectivity index is 3.07. The van der Waals surface area contributed by atoms with Gasteiger partial charge < -0.3 is 4.52 Å². The lowest BCUT2D eigenvalue weighted by atomic mass is 9.93. The molecular formula is C11H15NO. The van der Waals surface area contributed by atoms with Crippen molar-refractivity contribution < 1.29 is 4.52 Å². The molecule has 0 atom stereocenters. The largest absolute Gasteiger partial charge is 0.360 e. The van der Waals surface area contributed by atoms with E-state index in [1.807, 2.05) is 13.0 Å². The van der Waals surface area contributed by atoms with E-state index in [-0.39, 0.29) is 5.41 Å². The summed E-state index contributed by atoms with van der Waals surface area (Å²) in [4.78, 5) is 0. The van der Waals surface area contributed by atoms with Crippen molar-refractivity contribution in [2.24, 2.45) is 0 Å². The quantitative estimate of drug-likeness (QED) is 0.616. The fraction of sp³-hybridized carbons (Fsp3) is 0.455. The molecule has 0 N–H and O–H groups in total. The van der Waals surface area contributed by atoms with E-state index < -0.39 is 0 Å². The van der Waals surface area contributed by atoms with Gasteiger partial charge in [-0.15, -0.1) is 5.73 Å². The predicted molar refractivity (Wildman–Crippen MR) is 53.4 cm³/mol. The molecule has 2 nitrogen and oxygen atoms in total. The molecule has 1 rings (SSSR count). The summed E-state index contributed by atoms with van der Waals surface area (Å²) in [5, 5.41) is 3.94. The van der Waals surface area contributed by atoms with Gasteiger partial charge in [-0.2, -0.15) is 0 Å². The van der Waals surface area contributed by atoms with Crippen LogP contribution in [0.1, 0.15) is 39.1 Å². The average molecular weight is 177 g/mol. The van der Waals surface area contributed by atoms with Crippen LogP contribution in [0.4, 0.5) is 0 Å². The first-order chi connectivity index (χ1) is 5.95. The minimum Gasteiger partial charge on any atom is -0.360 e. The maximum Gasteiger partial charge on any atom is 0.142 e. The van der Waals surface area contributed by atoms with Gasteiger partial charge in [-0.05, 0) is 6.92 Å². The highest BCUT2D eigenvalue weighted by atomic mass is 16.5. The Hall–Kier alpha value is -1.27. The lowest BCUT2D eigenvalue weighted by molar-refractivity contribution is 0.328. The number of rotatable bonds is 1. The van der Waals surface area contributed by atoms with E-state index in [2.05, 4.69) is 38.2 Å².